The highest BCUT2D eigenvalue weighted by Gasteiger charge is 2.58. The van der Waals surface area contributed by atoms with E-state index < -0.39 is 0 Å². The van der Waals surface area contributed by atoms with Crippen LogP contribution >= 0.6 is 0 Å². The average molecular weight is 442 g/mol. The quantitative estimate of drug-likeness (QED) is 0.458. The molecule has 0 unspecified atom stereocenters. The lowest BCUT2D eigenvalue weighted by atomic mass is 9.45. The van der Waals surface area contributed by atoms with Crippen LogP contribution in [0, 0.1) is 34.5 Å². The van der Waals surface area contributed by atoms with Crippen molar-refractivity contribution in [2.75, 3.05) is 19.7 Å². The normalized spacial score (nSPS) is 42.7. The molecule has 0 aromatic heterocycles. The minimum Gasteiger partial charge on any atom is -0.458 e. The summed E-state index contributed by atoms with van der Waals surface area (Å²) in [4.78, 5) is 23.8. The van der Waals surface area contributed by atoms with Gasteiger partial charge in [0.25, 0.3) is 0 Å². The van der Waals surface area contributed by atoms with Gasteiger partial charge in [-0.3, -0.25) is 0 Å². The van der Waals surface area contributed by atoms with Crippen molar-refractivity contribution in [3.05, 3.63) is 23.3 Å². The number of fused-ring (bicyclic) bond motifs is 5. The van der Waals surface area contributed by atoms with E-state index in [1.165, 1.54) is 37.7 Å². The van der Waals surface area contributed by atoms with Crippen molar-refractivity contribution in [2.24, 2.45) is 40.2 Å². The lowest BCUT2D eigenvalue weighted by Gasteiger charge is -2.60. The summed E-state index contributed by atoms with van der Waals surface area (Å²) >= 11 is 0. The molecule has 6 nitrogen and oxygen atoms in total. The van der Waals surface area contributed by atoms with Gasteiger partial charge >= 0.3 is 12.0 Å². The predicted molar refractivity (Wildman–Crippen MR) is 124 cm³/mol. The van der Waals surface area contributed by atoms with Gasteiger partial charge in [-0.1, -0.05) is 25.5 Å². The van der Waals surface area contributed by atoms with E-state index in [0.29, 0.717) is 42.9 Å². The van der Waals surface area contributed by atoms with E-state index >= 15 is 0 Å². The molecule has 0 spiro atoms. The predicted octanol–water partition coefficient (Wildman–Crippen LogP) is 3.68. The molecule has 1 heterocycles. The van der Waals surface area contributed by atoms with Gasteiger partial charge in [0.1, 0.15) is 6.61 Å². The number of urea groups is 1. The SMILES string of the molecule is C[C@]12CC[C@H](NC(=O)NCCN)C[C@H]1CC[C@H]1C3=CC[C@H](C4=CC(=O)OC4)[C@@]3(C)CC[C@@H]12. The van der Waals surface area contributed by atoms with Gasteiger partial charge < -0.3 is 21.1 Å². The van der Waals surface area contributed by atoms with Gasteiger partial charge in [0.15, 0.2) is 0 Å². The van der Waals surface area contributed by atoms with E-state index in [9.17, 15) is 9.59 Å². The Morgan fingerprint density at radius 1 is 1.22 bits per heavy atom. The number of cyclic esters (lactones) is 1. The maximum atomic E-state index is 12.1. The third-order valence-corrected chi connectivity index (χ3v) is 9.97. The van der Waals surface area contributed by atoms with Crippen molar-refractivity contribution < 1.29 is 14.3 Å². The number of rotatable bonds is 4. The van der Waals surface area contributed by atoms with Crippen LogP contribution in [0.3, 0.4) is 0 Å². The van der Waals surface area contributed by atoms with Crippen LogP contribution in [0.2, 0.25) is 0 Å². The van der Waals surface area contributed by atoms with Gasteiger partial charge in [-0.05, 0) is 91.4 Å². The van der Waals surface area contributed by atoms with E-state index in [1.807, 2.05) is 0 Å². The van der Waals surface area contributed by atoms with Crippen LogP contribution in [0.5, 0.6) is 0 Å². The van der Waals surface area contributed by atoms with E-state index in [4.69, 9.17) is 10.5 Å². The Balaban J connectivity index is 1.28. The van der Waals surface area contributed by atoms with Gasteiger partial charge in [0.2, 0.25) is 0 Å². The highest BCUT2D eigenvalue weighted by molar-refractivity contribution is 5.85. The summed E-state index contributed by atoms with van der Waals surface area (Å²) in [6.07, 6.45) is 13.7. The number of carbonyl (C=O) groups is 2. The molecule has 3 fully saturated rings. The highest BCUT2D eigenvalue weighted by Crippen LogP contribution is 2.66. The Morgan fingerprint density at radius 3 is 2.81 bits per heavy atom. The summed E-state index contributed by atoms with van der Waals surface area (Å²) in [5.41, 5.74) is 8.94. The van der Waals surface area contributed by atoms with Crippen molar-refractivity contribution >= 4 is 12.0 Å². The van der Waals surface area contributed by atoms with Crippen LogP contribution < -0.4 is 16.4 Å². The van der Waals surface area contributed by atoms with Crippen LogP contribution in [0.15, 0.2) is 23.3 Å². The number of hydrogen-bond donors (Lipinski definition) is 3. The molecule has 0 aromatic rings. The summed E-state index contributed by atoms with van der Waals surface area (Å²) in [6.45, 7) is 6.47. The maximum absolute atomic E-state index is 12.1. The Morgan fingerprint density at radius 2 is 2.06 bits per heavy atom. The largest absolute Gasteiger partial charge is 0.458 e. The fourth-order valence-electron chi connectivity index (χ4n) is 8.29. The summed E-state index contributed by atoms with van der Waals surface area (Å²) in [5, 5.41) is 6.05. The molecular weight excluding hydrogens is 402 g/mol. The molecule has 7 atom stereocenters. The smallest absolute Gasteiger partial charge is 0.331 e. The molecule has 5 aliphatic rings. The van der Waals surface area contributed by atoms with Crippen LogP contribution in [-0.4, -0.2) is 37.7 Å². The molecule has 5 rings (SSSR count). The van der Waals surface area contributed by atoms with Crippen LogP contribution in [0.1, 0.15) is 65.2 Å². The Bertz CT molecular complexity index is 851. The molecule has 1 aliphatic heterocycles. The van der Waals surface area contributed by atoms with Gasteiger partial charge in [0, 0.05) is 25.2 Å². The number of allylic oxidation sites excluding steroid dienone is 2. The number of carbonyl (C=O) groups excluding carboxylic acids is 2. The lowest BCUT2D eigenvalue weighted by Crippen LogP contribution is -2.54. The lowest BCUT2D eigenvalue weighted by molar-refractivity contribution is -0.135. The van der Waals surface area contributed by atoms with E-state index in [-0.39, 0.29) is 23.5 Å². The molecular formula is C26H39N3O3. The number of hydrogen-bond acceptors (Lipinski definition) is 4. The van der Waals surface area contributed by atoms with Crippen molar-refractivity contribution in [1.82, 2.24) is 10.6 Å². The molecule has 176 valence electrons. The minimum absolute atomic E-state index is 0.0722. The first-order valence-corrected chi connectivity index (χ1v) is 12.7. The van der Waals surface area contributed by atoms with Crippen LogP contribution in [0.25, 0.3) is 0 Å². The third-order valence-electron chi connectivity index (χ3n) is 9.97. The molecule has 0 bridgehead atoms. The zero-order valence-corrected chi connectivity index (χ0v) is 19.6. The summed E-state index contributed by atoms with van der Waals surface area (Å²) in [5.74, 6) is 2.36. The molecule has 2 amide bonds. The maximum Gasteiger partial charge on any atom is 0.331 e. The first-order valence-electron chi connectivity index (χ1n) is 12.7. The Labute approximate surface area is 191 Å². The molecule has 0 saturated heterocycles. The van der Waals surface area contributed by atoms with Gasteiger partial charge in [-0.25, -0.2) is 9.59 Å². The van der Waals surface area contributed by atoms with Crippen LogP contribution in [0.4, 0.5) is 4.79 Å². The van der Waals surface area contributed by atoms with E-state index in [0.717, 1.165) is 25.2 Å². The van der Waals surface area contributed by atoms with Crippen molar-refractivity contribution in [1.29, 1.82) is 0 Å². The molecule has 0 radical (unpaired) electrons. The molecule has 32 heavy (non-hydrogen) atoms. The Hall–Kier alpha value is -1.82. The second-order valence-corrected chi connectivity index (χ2v) is 11.4. The summed E-state index contributed by atoms with van der Waals surface area (Å²) < 4.78 is 5.26. The van der Waals surface area contributed by atoms with Crippen LogP contribution in [-0.2, 0) is 9.53 Å². The first-order chi connectivity index (χ1) is 15.3. The molecule has 0 aromatic carbocycles. The first kappa shape index (κ1) is 22.0. The zero-order valence-electron chi connectivity index (χ0n) is 19.6. The number of nitrogens with two attached hydrogens (primary N) is 1. The van der Waals surface area contributed by atoms with Crippen molar-refractivity contribution in [2.45, 2.75) is 71.3 Å². The number of amides is 2. The highest BCUT2D eigenvalue weighted by atomic mass is 16.5. The van der Waals surface area contributed by atoms with Crippen molar-refractivity contribution in [3.63, 3.8) is 0 Å². The minimum atomic E-state index is -0.166. The van der Waals surface area contributed by atoms with Crippen molar-refractivity contribution in [3.8, 4) is 0 Å². The Kier molecular flexibility index (Phi) is 5.63. The summed E-state index contributed by atoms with van der Waals surface area (Å²) in [7, 11) is 0. The standard InChI is InChI=1S/C26H39N3O3/c1-25-9-7-18(29-24(31)28-12-11-27)14-17(25)3-4-19-21-6-5-20(16-13-23(30)32-15-16)26(21,2)10-8-22(19)25/h6,13,17-20,22H,3-5,7-12,14-15,27H2,1-2H3,(H2,28,29,31)/t17-,18+,19+,20-,22+,25+,26-/m1/s1. The number of ether oxygens (including phenoxy) is 1. The fraction of sp³-hybridized carbons (Fsp3) is 0.769. The molecule has 6 heteroatoms. The van der Waals surface area contributed by atoms with E-state index in [1.54, 1.807) is 11.6 Å². The molecule has 3 saturated carbocycles. The summed E-state index contributed by atoms with van der Waals surface area (Å²) in [6, 6.07) is 0.204. The number of esters is 1. The third kappa shape index (κ3) is 3.49. The monoisotopic (exact) mass is 441 g/mol. The zero-order chi connectivity index (χ0) is 22.5. The number of nitrogens with one attached hydrogen (secondary N) is 2. The van der Waals surface area contributed by atoms with Gasteiger partial charge in [0.05, 0.1) is 0 Å². The molecule has 4 N–H and O–H groups in total. The second-order valence-electron chi connectivity index (χ2n) is 11.4. The van der Waals surface area contributed by atoms with Gasteiger partial charge in [-0.15, -0.1) is 0 Å². The molecule has 4 aliphatic carbocycles. The average Bonchev–Trinajstić information content (AvgIpc) is 3.34. The topological polar surface area (TPSA) is 93.5 Å². The van der Waals surface area contributed by atoms with Gasteiger partial charge in [-0.2, -0.15) is 0 Å². The fourth-order valence-corrected chi connectivity index (χ4v) is 8.29. The second kappa shape index (κ2) is 8.19. The van der Waals surface area contributed by atoms with E-state index in [2.05, 4.69) is 30.6 Å².